The Kier molecular flexibility index (Phi) is 10.1. The molecule has 0 amide bonds. The Balaban J connectivity index is 1.05. The minimum absolute atomic E-state index is 0.108. The van der Waals surface area contributed by atoms with Crippen LogP contribution in [0.25, 0.3) is 11.1 Å². The first-order chi connectivity index (χ1) is 38.7. The van der Waals surface area contributed by atoms with E-state index in [4.69, 9.17) is 0 Å². The Bertz CT molecular complexity index is 4140. The molecule has 0 N–H and O–H groups in total. The molecule has 0 bridgehead atoms. The molecule has 0 atom stereocenters. The molecule has 364 valence electrons. The Morgan fingerprint density at radius 3 is 1.14 bits per heavy atom. The van der Waals surface area contributed by atoms with Crippen LogP contribution >= 0.6 is 0 Å². The molecule has 0 saturated heterocycles. The quantitative estimate of drug-likeness (QED) is 0.147. The molecule has 0 saturated carbocycles. The molecule has 3 aliphatic heterocycles. The molecule has 3 heterocycles. The van der Waals surface area contributed by atoms with Crippen LogP contribution in [0.1, 0.15) is 22.3 Å². The molecule has 12 aromatic carbocycles. The van der Waals surface area contributed by atoms with Crippen LogP contribution in [-0.4, -0.2) is 20.0 Å². The molecule has 3 nitrogen and oxygen atoms in total. The van der Waals surface area contributed by atoms with Gasteiger partial charge in [-0.05, 0) is 12.1 Å². The Morgan fingerprint density at radius 2 is 0.641 bits per heavy atom. The molecule has 1 spiro atoms. The number of rotatable bonds is 7. The van der Waals surface area contributed by atoms with Gasteiger partial charge in [-0.25, -0.2) is 0 Å². The summed E-state index contributed by atoms with van der Waals surface area (Å²) in [6, 6.07) is 115. The fraction of sp³-hybridized carbons (Fsp3) is 0.0137. The largest absolute Gasteiger partial charge is 0.0602 e. The summed E-state index contributed by atoms with van der Waals surface area (Å²) in [6.45, 7) is -0.108. The monoisotopic (exact) mass is 1050 g/mol. The van der Waals surface area contributed by atoms with E-state index in [-0.39, 0.29) is 6.71 Å². The summed E-state index contributed by atoms with van der Waals surface area (Å²) in [5.41, 5.74) is 21.7. The predicted octanol–water partition coefficient (Wildman–Crippen LogP) is 13.3. The average molecular weight is 1050 g/mol. The third-order valence-corrected chi connectivity index (χ3v) is 27.3. The second-order valence-electron chi connectivity index (χ2n) is 21.1. The molecule has 1 aliphatic carbocycles. The molecule has 16 rings (SSSR count). The van der Waals surface area contributed by atoms with E-state index in [1.165, 1.54) is 101 Å². The molecule has 0 unspecified atom stereocenters. The van der Waals surface area contributed by atoms with E-state index in [9.17, 15) is 0 Å². The van der Waals surface area contributed by atoms with Crippen molar-refractivity contribution in [1.29, 1.82) is 0 Å². The van der Waals surface area contributed by atoms with Gasteiger partial charge in [0.05, 0.1) is 0 Å². The van der Waals surface area contributed by atoms with Gasteiger partial charge in [0.15, 0.2) is 0 Å². The van der Waals surface area contributed by atoms with Gasteiger partial charge in [0.1, 0.15) is 0 Å². The second-order valence-corrected chi connectivity index (χ2v) is 29.1. The van der Waals surface area contributed by atoms with Gasteiger partial charge in [-0.15, -0.1) is 0 Å². The molecule has 0 fully saturated rings. The van der Waals surface area contributed by atoms with E-state index in [0.717, 1.165) is 17.1 Å². The second kappa shape index (κ2) is 17.6. The predicted molar refractivity (Wildman–Crippen MR) is 330 cm³/mol. The number of nitrogens with zero attached hydrogens (tertiary/aromatic N) is 3. The summed E-state index contributed by atoms with van der Waals surface area (Å²) in [5.74, 6) is 0. The van der Waals surface area contributed by atoms with Crippen LogP contribution in [0.2, 0.25) is 0 Å². The maximum absolute atomic E-state index is 3.93. The zero-order chi connectivity index (χ0) is 51.4. The van der Waals surface area contributed by atoms with E-state index >= 15 is 0 Å². The summed E-state index contributed by atoms with van der Waals surface area (Å²) in [7, 11) is 0. The summed E-state index contributed by atoms with van der Waals surface area (Å²) in [6.07, 6.45) is 0. The zero-order valence-electron chi connectivity index (χ0n) is 42.8. The van der Waals surface area contributed by atoms with Crippen molar-refractivity contribution < 1.29 is 0 Å². The number of anilines is 9. The van der Waals surface area contributed by atoms with Gasteiger partial charge in [-0.1, -0.05) is 30.3 Å². The molecule has 0 radical (unpaired) electrons. The van der Waals surface area contributed by atoms with E-state index in [1.807, 2.05) is 0 Å². The van der Waals surface area contributed by atoms with Gasteiger partial charge in [-0.3, -0.25) is 0 Å². The van der Waals surface area contributed by atoms with E-state index < -0.39 is 18.7 Å². The number of fused-ring (bicyclic) bond motifs is 13. The Labute approximate surface area is 459 Å². The summed E-state index contributed by atoms with van der Waals surface area (Å²) >= 11 is -3.93. The zero-order valence-corrected chi connectivity index (χ0v) is 44.9. The van der Waals surface area contributed by atoms with Gasteiger partial charge < -0.3 is 0 Å². The molecule has 0 aromatic heterocycles. The number of para-hydroxylation sites is 6. The van der Waals surface area contributed by atoms with Crippen molar-refractivity contribution in [3.8, 4) is 11.1 Å². The number of benzene rings is 12. The standard InChI is InChI=1S/C73H50BGeN3/c1-7-27-51(28-8-1)75(52-29-9-2-10-30-52,53-31-11-3-12-32-53)54-47-70-72-71(48-54)78(57-37-17-6-18-38-57)69-49-59-58-39-19-20-40-60(58)73(61-41-21-24-44-66(61)76(55-33-13-4-14-34-55)67-45-25-22-42-62(67)73)63(59)50-65(69)74(72)64-43-23-26-46-68(64)77(70)56-35-15-5-16-36-56/h1-50H. The molecule has 78 heavy (non-hydrogen) atoms. The van der Waals surface area contributed by atoms with Crippen LogP contribution in [0.3, 0.4) is 0 Å². The van der Waals surface area contributed by atoms with Gasteiger partial charge in [-0.2, -0.15) is 0 Å². The van der Waals surface area contributed by atoms with Gasteiger partial charge in [0.2, 0.25) is 0 Å². The first kappa shape index (κ1) is 44.9. The Morgan fingerprint density at radius 1 is 0.256 bits per heavy atom. The molecule has 5 heteroatoms. The van der Waals surface area contributed by atoms with E-state index in [1.54, 1.807) is 0 Å². The first-order valence-corrected chi connectivity index (χ1v) is 31.4. The molecular weight excluding hydrogens is 1000 g/mol. The smallest absolute Gasteiger partial charge is 0.0380 e. The van der Waals surface area contributed by atoms with Crippen LogP contribution < -0.4 is 48.7 Å². The molecule has 12 aromatic rings. The first-order valence-electron chi connectivity index (χ1n) is 27.2. The number of hydrogen-bond acceptors (Lipinski definition) is 3. The van der Waals surface area contributed by atoms with Crippen molar-refractivity contribution >= 4 is 105 Å². The van der Waals surface area contributed by atoms with Gasteiger partial charge >= 0.3 is 414 Å². The topological polar surface area (TPSA) is 9.72 Å². The minimum Gasteiger partial charge on any atom is -0.0602 e. The van der Waals surface area contributed by atoms with Gasteiger partial charge in [0.25, 0.3) is 0 Å². The van der Waals surface area contributed by atoms with Crippen LogP contribution in [0.5, 0.6) is 0 Å². The maximum atomic E-state index is 2.66. The van der Waals surface area contributed by atoms with Crippen LogP contribution in [-0.2, 0) is 5.41 Å². The SMILES string of the molecule is c1ccc(N2c3ccccc3C3(c4ccccc4-c4cc5c(cc43)B3c4ccccc4N(c4ccccc4)c4c[c]([Ge]([c]6ccccc6)([c]6ccccc6)[c]6ccccc6)cc(c43)N5c3ccccc3)c3ccccc32)cc1. The third kappa shape index (κ3) is 6.23. The number of hydrogen-bond donors (Lipinski definition) is 0. The summed E-state index contributed by atoms with van der Waals surface area (Å²) in [5, 5.41) is 0. The third-order valence-electron chi connectivity index (χ3n) is 17.3. The fourth-order valence-electron chi connectivity index (χ4n) is 14.4. The van der Waals surface area contributed by atoms with Crippen molar-refractivity contribution in [2.24, 2.45) is 0 Å². The van der Waals surface area contributed by atoms with Gasteiger partial charge in [0, 0.05) is 5.69 Å². The van der Waals surface area contributed by atoms with E-state index in [2.05, 4.69) is 318 Å². The normalized spacial score (nSPS) is 13.9. The fourth-order valence-corrected chi connectivity index (χ4v) is 24.4. The van der Waals surface area contributed by atoms with Crippen molar-refractivity contribution in [2.75, 3.05) is 14.7 Å². The van der Waals surface area contributed by atoms with Crippen molar-refractivity contribution in [2.45, 2.75) is 5.41 Å². The van der Waals surface area contributed by atoms with Crippen molar-refractivity contribution in [3.63, 3.8) is 0 Å². The summed E-state index contributed by atoms with van der Waals surface area (Å²) < 4.78 is 5.55. The maximum Gasteiger partial charge on any atom is -0.0380 e. The summed E-state index contributed by atoms with van der Waals surface area (Å²) in [4.78, 5) is 7.69. The van der Waals surface area contributed by atoms with Crippen LogP contribution in [0.4, 0.5) is 51.2 Å². The minimum atomic E-state index is -3.93. The van der Waals surface area contributed by atoms with E-state index in [0.29, 0.717) is 0 Å². The van der Waals surface area contributed by atoms with Crippen molar-refractivity contribution in [1.82, 2.24) is 0 Å². The van der Waals surface area contributed by atoms with Crippen molar-refractivity contribution in [3.05, 3.63) is 326 Å². The Hall–Kier alpha value is -9.35. The average Bonchev–Trinajstić information content (AvgIpc) is 2.62. The molecular formula is C73H50BGeN3. The molecule has 4 aliphatic rings. The van der Waals surface area contributed by atoms with Crippen LogP contribution in [0.15, 0.2) is 303 Å². The van der Waals surface area contributed by atoms with Crippen LogP contribution in [0, 0.1) is 0 Å².